The summed E-state index contributed by atoms with van der Waals surface area (Å²) in [6.07, 6.45) is 4.09. The van der Waals surface area contributed by atoms with E-state index < -0.39 is 0 Å². The van der Waals surface area contributed by atoms with Crippen LogP contribution in [0.4, 0.5) is 0 Å². The van der Waals surface area contributed by atoms with Crippen molar-refractivity contribution in [3.63, 3.8) is 0 Å². The van der Waals surface area contributed by atoms with Crippen LogP contribution in [0, 0.1) is 0 Å². The zero-order valence-corrected chi connectivity index (χ0v) is 13.2. The summed E-state index contributed by atoms with van der Waals surface area (Å²) < 4.78 is 7.10. The zero-order valence-electron chi connectivity index (χ0n) is 11.6. The lowest BCUT2D eigenvalue weighted by Gasteiger charge is -2.27. The molecule has 2 aliphatic heterocycles. The Balaban J connectivity index is 1.97. The number of methoxy groups -OCH3 is 1. The first-order chi connectivity index (χ1) is 9.72. The normalized spacial score (nSPS) is 23.4. The smallest absolute Gasteiger partial charge is 0.314 e. The number of rotatable bonds is 2. The van der Waals surface area contributed by atoms with Crippen LogP contribution in [-0.2, 0) is 16.1 Å². The Bertz CT molecular complexity index is 512. The molecule has 0 saturated carbocycles. The van der Waals surface area contributed by atoms with Crippen molar-refractivity contribution in [2.75, 3.05) is 18.6 Å². The molecule has 110 valence electrons. The molecule has 1 atom stereocenters. The van der Waals surface area contributed by atoms with E-state index in [4.69, 9.17) is 16.3 Å². The van der Waals surface area contributed by atoms with Gasteiger partial charge in [0.2, 0.25) is 0 Å². The lowest BCUT2D eigenvalue weighted by Crippen LogP contribution is -2.25. The highest BCUT2D eigenvalue weighted by Gasteiger charge is 2.34. The average Bonchev–Trinajstić information content (AvgIpc) is 2.85. The topological polar surface area (TPSA) is 44.1 Å². The lowest BCUT2D eigenvalue weighted by atomic mass is 9.95. The van der Waals surface area contributed by atoms with Crippen LogP contribution in [0.25, 0.3) is 0 Å². The second kappa shape index (κ2) is 5.98. The molecule has 20 heavy (non-hydrogen) atoms. The number of hydrogen-bond donors (Lipinski definition) is 0. The highest BCUT2D eigenvalue weighted by molar-refractivity contribution is 7.99. The maximum Gasteiger partial charge on any atom is 0.314 e. The van der Waals surface area contributed by atoms with Gasteiger partial charge in [-0.05, 0) is 37.2 Å². The van der Waals surface area contributed by atoms with Crippen molar-refractivity contribution in [1.29, 1.82) is 0 Å². The van der Waals surface area contributed by atoms with Crippen molar-refractivity contribution in [2.24, 2.45) is 0 Å². The van der Waals surface area contributed by atoms with Crippen molar-refractivity contribution in [1.82, 2.24) is 9.55 Å². The Hall–Kier alpha value is -0.680. The molecule has 0 bridgehead atoms. The molecule has 6 heteroatoms. The van der Waals surface area contributed by atoms with Crippen LogP contribution in [0.3, 0.4) is 0 Å². The largest absolute Gasteiger partial charge is 0.469 e. The van der Waals surface area contributed by atoms with E-state index in [1.165, 1.54) is 18.6 Å². The molecule has 1 unspecified atom stereocenters. The number of aromatic nitrogens is 2. The molecular formula is C14H19ClN2O2S. The summed E-state index contributed by atoms with van der Waals surface area (Å²) in [5.41, 5.74) is 0.873. The van der Waals surface area contributed by atoms with Crippen LogP contribution in [0.15, 0.2) is 0 Å². The van der Waals surface area contributed by atoms with Crippen molar-refractivity contribution in [2.45, 2.75) is 44.1 Å². The Morgan fingerprint density at radius 3 is 2.85 bits per heavy atom. The van der Waals surface area contributed by atoms with Gasteiger partial charge in [-0.2, -0.15) is 11.8 Å². The van der Waals surface area contributed by atoms with Gasteiger partial charge in [-0.15, -0.1) is 0 Å². The molecule has 3 heterocycles. The summed E-state index contributed by atoms with van der Waals surface area (Å²) in [5.74, 6) is 3.49. The number of carbonyl (C=O) groups is 1. The highest BCUT2D eigenvalue weighted by atomic mass is 35.5. The quantitative estimate of drug-likeness (QED) is 0.786. The molecule has 2 aliphatic rings. The first kappa shape index (κ1) is 14.3. The Kier molecular flexibility index (Phi) is 4.26. The maximum atomic E-state index is 11.9. The molecule has 1 saturated heterocycles. The van der Waals surface area contributed by atoms with Gasteiger partial charge in [-0.1, -0.05) is 11.6 Å². The Morgan fingerprint density at radius 1 is 1.40 bits per heavy atom. The fourth-order valence-electron chi connectivity index (χ4n) is 3.25. The van der Waals surface area contributed by atoms with Gasteiger partial charge in [-0.3, -0.25) is 4.79 Å². The number of esters is 1. The second-order valence-corrected chi connectivity index (χ2v) is 6.99. The fraction of sp³-hybridized carbons (Fsp3) is 0.714. The van der Waals surface area contributed by atoms with Gasteiger partial charge in [0.05, 0.1) is 12.8 Å². The molecule has 4 nitrogen and oxygen atoms in total. The van der Waals surface area contributed by atoms with Crippen molar-refractivity contribution < 1.29 is 9.53 Å². The monoisotopic (exact) mass is 314 g/mol. The lowest BCUT2D eigenvalue weighted by molar-refractivity contribution is -0.143. The number of thioether (sulfide) groups is 1. The van der Waals surface area contributed by atoms with Crippen molar-refractivity contribution >= 4 is 29.3 Å². The van der Waals surface area contributed by atoms with Gasteiger partial charge in [0, 0.05) is 12.5 Å². The molecule has 0 N–H and O–H groups in total. The van der Waals surface area contributed by atoms with Gasteiger partial charge in [0.1, 0.15) is 11.7 Å². The van der Waals surface area contributed by atoms with Crippen LogP contribution in [0.2, 0.25) is 5.15 Å². The predicted octanol–water partition coefficient (Wildman–Crippen LogP) is 3.20. The maximum absolute atomic E-state index is 11.9. The standard InChI is InChI=1S/C14H19ClN2O2S/c1-19-14(18)10-3-2-6-17-11(10)12(15)16-13(17)9-4-7-20-8-5-9/h9-10H,2-8H2,1H3. The molecule has 0 radical (unpaired) electrons. The molecule has 0 spiro atoms. The molecule has 3 rings (SSSR count). The molecule has 0 aromatic carbocycles. The van der Waals surface area contributed by atoms with E-state index in [0.717, 1.165) is 43.7 Å². The SMILES string of the molecule is COC(=O)C1CCCn2c(C3CCSCC3)nc(Cl)c21. The number of fused-ring (bicyclic) bond motifs is 1. The van der Waals surface area contributed by atoms with Gasteiger partial charge >= 0.3 is 5.97 Å². The number of imidazole rings is 1. The first-order valence-electron chi connectivity index (χ1n) is 7.13. The summed E-state index contributed by atoms with van der Waals surface area (Å²) in [5, 5.41) is 0.494. The second-order valence-electron chi connectivity index (χ2n) is 5.40. The van der Waals surface area contributed by atoms with Crippen LogP contribution >= 0.6 is 23.4 Å². The van der Waals surface area contributed by atoms with E-state index in [0.29, 0.717) is 11.1 Å². The minimum atomic E-state index is -0.250. The Morgan fingerprint density at radius 2 is 2.15 bits per heavy atom. The number of hydrogen-bond acceptors (Lipinski definition) is 4. The van der Waals surface area contributed by atoms with Gasteiger partial charge in [0.15, 0.2) is 5.15 Å². The van der Waals surface area contributed by atoms with E-state index in [-0.39, 0.29) is 11.9 Å². The number of carbonyl (C=O) groups excluding carboxylic acids is 1. The number of ether oxygens (including phenoxy) is 1. The number of halogens is 1. The number of nitrogens with zero attached hydrogens (tertiary/aromatic N) is 2. The minimum absolute atomic E-state index is 0.196. The summed E-state index contributed by atoms with van der Waals surface area (Å²) in [4.78, 5) is 16.5. The minimum Gasteiger partial charge on any atom is -0.469 e. The van der Waals surface area contributed by atoms with E-state index in [1.807, 2.05) is 11.8 Å². The molecule has 0 aliphatic carbocycles. The molecule has 0 amide bonds. The highest BCUT2D eigenvalue weighted by Crippen LogP contribution is 2.39. The van der Waals surface area contributed by atoms with E-state index in [1.54, 1.807) is 0 Å². The van der Waals surface area contributed by atoms with Crippen LogP contribution < -0.4 is 0 Å². The summed E-state index contributed by atoms with van der Waals surface area (Å²) in [7, 11) is 1.44. The fourth-order valence-corrected chi connectivity index (χ4v) is 4.68. The molecule has 1 fully saturated rings. The summed E-state index contributed by atoms with van der Waals surface area (Å²) in [6, 6.07) is 0. The third-order valence-corrected chi connectivity index (χ3v) is 5.60. The van der Waals surface area contributed by atoms with Gasteiger partial charge < -0.3 is 9.30 Å². The summed E-state index contributed by atoms with van der Waals surface area (Å²) >= 11 is 8.34. The third kappa shape index (κ3) is 2.46. The Labute approximate surface area is 128 Å². The molecular weight excluding hydrogens is 296 g/mol. The van der Waals surface area contributed by atoms with E-state index in [9.17, 15) is 4.79 Å². The van der Waals surface area contributed by atoms with Crippen molar-refractivity contribution in [3.05, 3.63) is 16.7 Å². The zero-order chi connectivity index (χ0) is 14.1. The van der Waals surface area contributed by atoms with Crippen molar-refractivity contribution in [3.8, 4) is 0 Å². The van der Waals surface area contributed by atoms with E-state index >= 15 is 0 Å². The van der Waals surface area contributed by atoms with Crippen LogP contribution in [0.5, 0.6) is 0 Å². The van der Waals surface area contributed by atoms with Crippen LogP contribution in [-0.4, -0.2) is 34.1 Å². The van der Waals surface area contributed by atoms with Crippen LogP contribution in [0.1, 0.15) is 49.0 Å². The van der Waals surface area contributed by atoms with E-state index in [2.05, 4.69) is 9.55 Å². The average molecular weight is 315 g/mol. The molecule has 1 aromatic rings. The van der Waals surface area contributed by atoms with Gasteiger partial charge in [0.25, 0.3) is 0 Å². The molecule has 1 aromatic heterocycles. The third-order valence-electron chi connectivity index (χ3n) is 4.27. The van der Waals surface area contributed by atoms with Gasteiger partial charge in [-0.25, -0.2) is 4.98 Å². The first-order valence-corrected chi connectivity index (χ1v) is 8.67. The predicted molar refractivity (Wildman–Crippen MR) is 80.5 cm³/mol. The summed E-state index contributed by atoms with van der Waals surface area (Å²) in [6.45, 7) is 0.918.